The first kappa shape index (κ1) is 34.7. The van der Waals surface area contributed by atoms with Crippen molar-refractivity contribution in [2.75, 3.05) is 13.1 Å². The SMILES string of the molecule is C=CCCNC(=O)C(=O)[C@H](CCC=C)NC(=O)C1[C@H]2[C@@H](CN1C(=O)C(NC(=O)NC13CC4CC(CC(C4)C1)C3)C(C)(C)C)C2(Cl)Cl. The van der Waals surface area contributed by atoms with Crippen molar-refractivity contribution in [3.05, 3.63) is 25.3 Å². The maximum Gasteiger partial charge on any atom is 0.315 e. The Hall–Kier alpha value is -2.59. The average Bonchev–Trinajstić information content (AvgIpc) is 3.27. The van der Waals surface area contributed by atoms with E-state index in [-0.39, 0.29) is 37.0 Å². The molecule has 5 amide bonds. The van der Waals surface area contributed by atoms with Crippen LogP contribution in [0, 0.1) is 35.0 Å². The number of halogens is 2. The van der Waals surface area contributed by atoms with E-state index in [0.29, 0.717) is 30.6 Å². The number of ketones is 1. The molecule has 0 spiro atoms. The van der Waals surface area contributed by atoms with Gasteiger partial charge in [0.1, 0.15) is 16.4 Å². The monoisotopic (exact) mass is 677 g/mol. The Morgan fingerprint density at radius 3 is 2.07 bits per heavy atom. The number of alkyl halides is 2. The zero-order valence-electron chi connectivity index (χ0n) is 27.2. The molecule has 4 N–H and O–H groups in total. The summed E-state index contributed by atoms with van der Waals surface area (Å²) >= 11 is 13.1. The Kier molecular flexibility index (Phi) is 9.92. The number of amides is 5. The van der Waals surface area contributed by atoms with Gasteiger partial charge in [0.2, 0.25) is 17.6 Å². The lowest BCUT2D eigenvalue weighted by atomic mass is 9.53. The third kappa shape index (κ3) is 6.98. The van der Waals surface area contributed by atoms with Crippen molar-refractivity contribution in [3.63, 3.8) is 0 Å². The van der Waals surface area contributed by atoms with Crippen LogP contribution in [0.2, 0.25) is 0 Å². The molecule has 0 aromatic heterocycles. The second-order valence-electron chi connectivity index (χ2n) is 15.5. The van der Waals surface area contributed by atoms with E-state index in [9.17, 15) is 24.0 Å². The number of Topliss-reactive ketones (excluding diaryl/α,β-unsaturated/α-hetero) is 1. The van der Waals surface area contributed by atoms with Crippen LogP contribution in [-0.4, -0.2) is 75.5 Å². The molecule has 1 heterocycles. The predicted molar refractivity (Wildman–Crippen MR) is 177 cm³/mol. The smallest absolute Gasteiger partial charge is 0.315 e. The lowest BCUT2D eigenvalue weighted by Crippen LogP contribution is -2.65. The number of nitrogens with one attached hydrogen (secondary N) is 4. The van der Waals surface area contributed by atoms with E-state index in [4.69, 9.17) is 23.2 Å². The van der Waals surface area contributed by atoms with Crippen LogP contribution in [-0.2, 0) is 19.2 Å². The number of hydrogen-bond donors (Lipinski definition) is 4. The molecular weight excluding hydrogens is 629 g/mol. The summed E-state index contributed by atoms with van der Waals surface area (Å²) in [6, 6.07) is -3.52. The number of allylic oxidation sites excluding steroid dienone is 1. The molecule has 5 aliphatic carbocycles. The van der Waals surface area contributed by atoms with Crippen molar-refractivity contribution in [2.24, 2.45) is 35.0 Å². The molecule has 6 fully saturated rings. The van der Waals surface area contributed by atoms with E-state index in [2.05, 4.69) is 34.4 Å². The Labute approximate surface area is 282 Å². The number of rotatable bonds is 13. The highest BCUT2D eigenvalue weighted by Crippen LogP contribution is 2.65. The van der Waals surface area contributed by atoms with Crippen molar-refractivity contribution in [2.45, 2.75) is 107 Å². The summed E-state index contributed by atoms with van der Waals surface area (Å²) in [6.45, 7) is 13.3. The fraction of sp³-hybridized carbons (Fsp3) is 0.735. The van der Waals surface area contributed by atoms with Crippen LogP contribution in [0.4, 0.5) is 4.79 Å². The zero-order chi connectivity index (χ0) is 33.6. The summed E-state index contributed by atoms with van der Waals surface area (Å²) in [5.41, 5.74) is -0.918. The first-order valence-corrected chi connectivity index (χ1v) is 17.5. The van der Waals surface area contributed by atoms with E-state index >= 15 is 0 Å². The molecule has 12 heteroatoms. The van der Waals surface area contributed by atoms with Gasteiger partial charge in [-0.3, -0.25) is 19.2 Å². The van der Waals surface area contributed by atoms with Crippen LogP contribution in [0.15, 0.2) is 25.3 Å². The van der Waals surface area contributed by atoms with E-state index in [1.165, 1.54) is 24.2 Å². The fourth-order valence-electron chi connectivity index (χ4n) is 8.96. The molecule has 10 nitrogen and oxygen atoms in total. The Morgan fingerprint density at radius 1 is 0.935 bits per heavy atom. The van der Waals surface area contributed by atoms with Gasteiger partial charge in [0.05, 0.1) is 6.04 Å². The van der Waals surface area contributed by atoms with Gasteiger partial charge in [-0.05, 0) is 81.0 Å². The van der Waals surface area contributed by atoms with Gasteiger partial charge in [-0.2, -0.15) is 0 Å². The van der Waals surface area contributed by atoms with Gasteiger partial charge in [0, 0.05) is 30.5 Å². The van der Waals surface area contributed by atoms with Crippen molar-refractivity contribution in [3.8, 4) is 0 Å². The number of carbonyl (C=O) groups is 5. The summed E-state index contributed by atoms with van der Waals surface area (Å²) < 4.78 is -1.21. The maximum absolute atomic E-state index is 14.3. The summed E-state index contributed by atoms with van der Waals surface area (Å²) in [6.07, 6.45) is 10.9. The fourth-order valence-corrected chi connectivity index (χ4v) is 9.79. The quantitative estimate of drug-likeness (QED) is 0.101. The third-order valence-electron chi connectivity index (χ3n) is 10.8. The van der Waals surface area contributed by atoms with Gasteiger partial charge >= 0.3 is 6.03 Å². The van der Waals surface area contributed by atoms with Crippen molar-refractivity contribution in [1.29, 1.82) is 0 Å². The molecule has 5 saturated carbocycles. The molecule has 5 atom stereocenters. The third-order valence-corrected chi connectivity index (χ3v) is 11.9. The Morgan fingerprint density at radius 2 is 1.52 bits per heavy atom. The summed E-state index contributed by atoms with van der Waals surface area (Å²) in [7, 11) is 0. The highest BCUT2D eigenvalue weighted by Gasteiger charge is 2.74. The molecule has 0 aromatic carbocycles. The second-order valence-corrected chi connectivity index (χ2v) is 16.9. The number of likely N-dealkylation sites (tertiary alicyclic amines) is 1. The van der Waals surface area contributed by atoms with Gasteiger partial charge in [-0.15, -0.1) is 36.4 Å². The molecule has 4 bridgehead atoms. The number of piperidine rings is 1. The van der Waals surface area contributed by atoms with E-state index in [1.807, 2.05) is 20.8 Å². The van der Waals surface area contributed by atoms with Gasteiger partial charge in [-0.25, -0.2) is 4.79 Å². The summed E-state index contributed by atoms with van der Waals surface area (Å²) in [5, 5.41) is 11.5. The molecule has 46 heavy (non-hydrogen) atoms. The van der Waals surface area contributed by atoms with Crippen LogP contribution >= 0.6 is 23.2 Å². The molecule has 2 unspecified atom stereocenters. The lowest BCUT2D eigenvalue weighted by molar-refractivity contribution is -0.144. The van der Waals surface area contributed by atoms with Gasteiger partial charge in [0.15, 0.2) is 0 Å². The van der Waals surface area contributed by atoms with Gasteiger partial charge in [0.25, 0.3) is 5.91 Å². The number of fused-ring (bicyclic) bond motifs is 1. The van der Waals surface area contributed by atoms with Crippen LogP contribution < -0.4 is 21.3 Å². The van der Waals surface area contributed by atoms with Crippen LogP contribution in [0.3, 0.4) is 0 Å². The minimum absolute atomic E-state index is 0.132. The number of nitrogens with zero attached hydrogens (tertiary/aromatic N) is 1. The van der Waals surface area contributed by atoms with E-state index < -0.39 is 57.3 Å². The lowest BCUT2D eigenvalue weighted by Gasteiger charge is -2.56. The van der Waals surface area contributed by atoms with Gasteiger partial charge < -0.3 is 26.2 Å². The first-order chi connectivity index (χ1) is 21.6. The highest BCUT2D eigenvalue weighted by molar-refractivity contribution is 6.51. The Balaban J connectivity index is 1.30. The number of hydrogen-bond acceptors (Lipinski definition) is 5. The number of carbonyl (C=O) groups excluding carboxylic acids is 5. The summed E-state index contributed by atoms with van der Waals surface area (Å²) in [4.78, 5) is 68.9. The van der Waals surface area contributed by atoms with Crippen molar-refractivity contribution >= 4 is 52.7 Å². The molecule has 6 rings (SSSR count). The molecule has 1 saturated heterocycles. The normalized spacial score (nSPS) is 32.8. The zero-order valence-corrected chi connectivity index (χ0v) is 28.7. The van der Waals surface area contributed by atoms with E-state index in [1.54, 1.807) is 12.2 Å². The molecule has 1 aliphatic heterocycles. The van der Waals surface area contributed by atoms with Gasteiger partial charge in [-0.1, -0.05) is 32.9 Å². The topological polar surface area (TPSA) is 137 Å². The van der Waals surface area contributed by atoms with Crippen molar-refractivity contribution in [1.82, 2.24) is 26.2 Å². The largest absolute Gasteiger partial charge is 0.349 e. The standard InChI is InChI=1S/C34H49Cl2N5O5/c1-6-8-10-23(26(42)29(44)37-11-9-7-2)38-28(43)25-24-22(34(24,35)36)18-41(25)30(45)27(32(3,4)5)39-31(46)40-33-15-19-12-20(16-33)14-21(13-19)17-33/h6-7,19-25,27H,1-2,8-18H2,3-5H3,(H,37,44)(H,38,43)(H2,39,40,46)/t19?,20?,21?,22-,23+,24-,25?,27?,33?/m1/s1. The molecule has 254 valence electrons. The summed E-state index contributed by atoms with van der Waals surface area (Å²) in [5.74, 6) is -1.60. The molecule has 0 radical (unpaired) electrons. The molecular formula is C34H49Cl2N5O5. The number of urea groups is 1. The van der Waals surface area contributed by atoms with Crippen LogP contribution in [0.1, 0.15) is 78.6 Å². The molecule has 6 aliphatic rings. The van der Waals surface area contributed by atoms with Crippen LogP contribution in [0.5, 0.6) is 0 Å². The minimum Gasteiger partial charge on any atom is -0.349 e. The second kappa shape index (κ2) is 13.1. The Bertz CT molecular complexity index is 1240. The first-order valence-electron chi connectivity index (χ1n) is 16.7. The van der Waals surface area contributed by atoms with Crippen LogP contribution in [0.25, 0.3) is 0 Å². The predicted octanol–water partition coefficient (Wildman–Crippen LogP) is 4.01. The highest BCUT2D eigenvalue weighted by atomic mass is 35.5. The van der Waals surface area contributed by atoms with E-state index in [0.717, 1.165) is 19.3 Å². The van der Waals surface area contributed by atoms with Crippen molar-refractivity contribution < 1.29 is 24.0 Å². The average molecular weight is 679 g/mol. The minimum atomic E-state index is -1.21. The molecule has 0 aromatic rings. The maximum atomic E-state index is 14.3.